The summed E-state index contributed by atoms with van der Waals surface area (Å²) in [4.78, 5) is 24.2. The van der Waals surface area contributed by atoms with Crippen LogP contribution in [0.15, 0.2) is 29.2 Å². The van der Waals surface area contributed by atoms with Crippen molar-refractivity contribution in [3.05, 3.63) is 24.3 Å². The molecule has 134 valence electrons. The molecule has 0 aliphatic heterocycles. The lowest BCUT2D eigenvalue weighted by molar-refractivity contribution is -0.142. The fourth-order valence-electron chi connectivity index (χ4n) is 2.89. The summed E-state index contributed by atoms with van der Waals surface area (Å²) in [6.07, 6.45) is 2.99. The molecule has 1 fully saturated rings. The number of para-hydroxylation sites is 1. The molecule has 1 unspecified atom stereocenters. The monoisotopic (exact) mass is 361 g/mol. The number of hydrogen-bond acceptors (Lipinski definition) is 4. The Morgan fingerprint density at radius 2 is 2.00 bits per heavy atom. The van der Waals surface area contributed by atoms with Crippen molar-refractivity contribution >= 4 is 29.4 Å². The van der Waals surface area contributed by atoms with Crippen molar-refractivity contribution in [3.8, 4) is 6.07 Å². The van der Waals surface area contributed by atoms with Gasteiger partial charge in [-0.2, -0.15) is 5.26 Å². The van der Waals surface area contributed by atoms with Gasteiger partial charge in [-0.15, -0.1) is 11.8 Å². The Morgan fingerprint density at radius 1 is 1.32 bits per heavy atom. The Balaban J connectivity index is 1.89. The van der Waals surface area contributed by atoms with Gasteiger partial charge in [0.25, 0.3) is 0 Å². The van der Waals surface area contributed by atoms with E-state index in [2.05, 4.69) is 16.7 Å². The van der Waals surface area contributed by atoms with Gasteiger partial charge in [-0.1, -0.05) is 19.1 Å². The Hall–Kier alpha value is -2.20. The van der Waals surface area contributed by atoms with Crippen molar-refractivity contribution in [1.82, 2.24) is 5.32 Å². The smallest absolute Gasteiger partial charge is 0.319 e. The highest BCUT2D eigenvalue weighted by Crippen LogP contribution is 2.31. The summed E-state index contributed by atoms with van der Waals surface area (Å²) in [6.45, 7) is 1.98. The minimum Gasteiger partial charge on any atom is -0.481 e. The molecule has 0 spiro atoms. The number of rotatable bonds is 6. The maximum absolute atomic E-state index is 12.3. The zero-order valence-electron chi connectivity index (χ0n) is 14.2. The summed E-state index contributed by atoms with van der Waals surface area (Å²) >= 11 is 1.56. The van der Waals surface area contributed by atoms with Gasteiger partial charge in [-0.25, -0.2) is 4.79 Å². The minimum absolute atomic E-state index is 0.00734. The van der Waals surface area contributed by atoms with Crippen LogP contribution in [0.1, 0.15) is 39.0 Å². The molecule has 2 rings (SSSR count). The van der Waals surface area contributed by atoms with Crippen molar-refractivity contribution in [3.63, 3.8) is 0 Å². The van der Waals surface area contributed by atoms with Crippen LogP contribution in [0.25, 0.3) is 0 Å². The summed E-state index contributed by atoms with van der Waals surface area (Å²) in [7, 11) is 0. The molecule has 0 radical (unpaired) electrons. The molecule has 1 aromatic rings. The number of thioether (sulfide) groups is 1. The quantitative estimate of drug-likeness (QED) is 0.668. The Bertz CT molecular complexity index is 651. The summed E-state index contributed by atoms with van der Waals surface area (Å²) in [5.41, 5.74) is 0.717. The highest BCUT2D eigenvalue weighted by molar-refractivity contribution is 8.00. The van der Waals surface area contributed by atoms with E-state index in [0.717, 1.165) is 4.90 Å². The fraction of sp³-hybridized carbons (Fsp3) is 0.500. The summed E-state index contributed by atoms with van der Waals surface area (Å²) < 4.78 is 0. The first-order valence-electron chi connectivity index (χ1n) is 8.42. The topological polar surface area (TPSA) is 102 Å². The summed E-state index contributed by atoms with van der Waals surface area (Å²) in [6, 6.07) is 9.39. The standard InChI is InChI=1S/C18H23N3O3S/c1-12(10-11-19)25-16-5-3-2-4-15(16)21-18(24)20-14-8-6-13(7-9-14)17(22)23/h2-5,12-14H,6-10H2,1H3,(H,22,23)(H2,20,21,24). The van der Waals surface area contributed by atoms with E-state index in [1.165, 1.54) is 0 Å². The second-order valence-corrected chi connectivity index (χ2v) is 7.75. The minimum atomic E-state index is -0.750. The number of benzene rings is 1. The second kappa shape index (κ2) is 9.33. The SMILES string of the molecule is CC(CC#N)Sc1ccccc1NC(=O)NC1CCC(C(=O)O)CC1. The third-order valence-corrected chi connectivity index (χ3v) is 5.43. The van der Waals surface area contributed by atoms with E-state index in [1.54, 1.807) is 11.8 Å². The molecule has 6 nitrogen and oxygen atoms in total. The van der Waals surface area contributed by atoms with Gasteiger partial charge in [0.1, 0.15) is 0 Å². The molecule has 0 bridgehead atoms. The molecular formula is C18H23N3O3S. The molecule has 0 saturated heterocycles. The van der Waals surface area contributed by atoms with Gasteiger partial charge >= 0.3 is 12.0 Å². The summed E-state index contributed by atoms with van der Waals surface area (Å²) in [5.74, 6) is -1.04. The van der Waals surface area contributed by atoms with Crippen LogP contribution < -0.4 is 10.6 Å². The number of nitrogens with one attached hydrogen (secondary N) is 2. The van der Waals surface area contributed by atoms with Crippen LogP contribution in [-0.2, 0) is 4.79 Å². The molecule has 1 aromatic carbocycles. The van der Waals surface area contributed by atoms with Crippen LogP contribution in [0, 0.1) is 17.2 Å². The van der Waals surface area contributed by atoms with E-state index >= 15 is 0 Å². The average molecular weight is 361 g/mol. The molecule has 0 heterocycles. The molecule has 1 atom stereocenters. The molecule has 2 amide bonds. The van der Waals surface area contributed by atoms with Crippen LogP contribution in [0.4, 0.5) is 10.5 Å². The van der Waals surface area contributed by atoms with Crippen LogP contribution in [0.3, 0.4) is 0 Å². The lowest BCUT2D eigenvalue weighted by Gasteiger charge is -2.27. The molecule has 3 N–H and O–H groups in total. The number of anilines is 1. The largest absolute Gasteiger partial charge is 0.481 e. The molecule has 7 heteroatoms. The Morgan fingerprint density at radius 3 is 2.64 bits per heavy atom. The van der Waals surface area contributed by atoms with Crippen molar-refractivity contribution in [2.24, 2.45) is 5.92 Å². The maximum atomic E-state index is 12.3. The third-order valence-electron chi connectivity index (χ3n) is 4.25. The molecule has 25 heavy (non-hydrogen) atoms. The third kappa shape index (κ3) is 5.98. The van der Waals surface area contributed by atoms with E-state index in [9.17, 15) is 9.59 Å². The number of hydrogen-bond donors (Lipinski definition) is 3. The molecule has 1 aliphatic rings. The second-order valence-electron chi connectivity index (χ2n) is 6.27. The normalized spacial score (nSPS) is 21.0. The number of urea groups is 1. The average Bonchev–Trinajstić information content (AvgIpc) is 2.57. The van der Waals surface area contributed by atoms with Gasteiger partial charge in [0.05, 0.1) is 17.7 Å². The van der Waals surface area contributed by atoms with Crippen molar-refractivity contribution < 1.29 is 14.7 Å². The number of amides is 2. The molecule has 1 aliphatic carbocycles. The van der Waals surface area contributed by atoms with E-state index < -0.39 is 5.97 Å². The first-order valence-corrected chi connectivity index (χ1v) is 9.30. The van der Waals surface area contributed by atoms with Crippen LogP contribution in [0.5, 0.6) is 0 Å². The molecular weight excluding hydrogens is 338 g/mol. The number of aliphatic carboxylic acids is 1. The Kier molecular flexibility index (Phi) is 7.14. The number of nitrogens with zero attached hydrogens (tertiary/aromatic N) is 1. The number of carboxylic acid groups (broad SMARTS) is 1. The van der Waals surface area contributed by atoms with E-state index in [4.69, 9.17) is 10.4 Å². The first kappa shape index (κ1) is 19.1. The highest BCUT2D eigenvalue weighted by atomic mass is 32.2. The highest BCUT2D eigenvalue weighted by Gasteiger charge is 2.26. The van der Waals surface area contributed by atoms with Crippen molar-refractivity contribution in [1.29, 1.82) is 5.26 Å². The fourth-order valence-corrected chi connectivity index (χ4v) is 3.88. The molecule has 0 aromatic heterocycles. The lowest BCUT2D eigenvalue weighted by atomic mass is 9.86. The molecule has 1 saturated carbocycles. The predicted molar refractivity (Wildman–Crippen MR) is 97.5 cm³/mol. The van der Waals surface area contributed by atoms with E-state index in [1.807, 2.05) is 31.2 Å². The number of carbonyl (C=O) groups is 2. The van der Waals surface area contributed by atoms with E-state index in [0.29, 0.717) is 37.8 Å². The maximum Gasteiger partial charge on any atom is 0.319 e. The Labute approximate surface area is 152 Å². The van der Waals surface area contributed by atoms with Crippen molar-refractivity contribution in [2.75, 3.05) is 5.32 Å². The first-order chi connectivity index (χ1) is 12.0. The van der Waals surface area contributed by atoms with Crippen molar-refractivity contribution in [2.45, 2.75) is 55.2 Å². The van der Waals surface area contributed by atoms with E-state index in [-0.39, 0.29) is 23.2 Å². The van der Waals surface area contributed by atoms with Gasteiger partial charge in [-0.3, -0.25) is 4.79 Å². The predicted octanol–water partition coefficient (Wildman–Crippen LogP) is 3.85. The zero-order valence-corrected chi connectivity index (χ0v) is 15.0. The number of carboxylic acids is 1. The van der Waals surface area contributed by atoms with Crippen LogP contribution in [-0.4, -0.2) is 28.4 Å². The van der Waals surface area contributed by atoms with Gasteiger partial charge in [0, 0.05) is 22.6 Å². The zero-order chi connectivity index (χ0) is 18.2. The lowest BCUT2D eigenvalue weighted by Crippen LogP contribution is -2.41. The van der Waals surface area contributed by atoms with Gasteiger partial charge in [0.15, 0.2) is 0 Å². The summed E-state index contributed by atoms with van der Waals surface area (Å²) in [5, 5.41) is 23.7. The number of nitriles is 1. The van der Waals surface area contributed by atoms with Crippen LogP contribution in [0.2, 0.25) is 0 Å². The van der Waals surface area contributed by atoms with Gasteiger partial charge in [-0.05, 0) is 37.8 Å². The van der Waals surface area contributed by atoms with Gasteiger partial charge in [0.2, 0.25) is 0 Å². The van der Waals surface area contributed by atoms with Gasteiger partial charge < -0.3 is 15.7 Å². The number of carbonyl (C=O) groups excluding carboxylic acids is 1. The van der Waals surface area contributed by atoms with Crippen LogP contribution >= 0.6 is 11.8 Å².